The first-order chi connectivity index (χ1) is 5.89. The van der Waals surface area contributed by atoms with E-state index in [2.05, 4.69) is 13.8 Å². The van der Waals surface area contributed by atoms with Crippen LogP contribution in [0.15, 0.2) is 0 Å². The maximum absolute atomic E-state index is 11.3. The predicted molar refractivity (Wildman–Crippen MR) is 54.2 cm³/mol. The van der Waals surface area contributed by atoms with Gasteiger partial charge in [-0.15, -0.1) is 0 Å². The zero-order valence-electron chi connectivity index (χ0n) is 8.41. The fraction of sp³-hybridized carbons (Fsp3) is 1.00. The second-order valence-corrected chi connectivity index (χ2v) is 6.83. The average molecular weight is 205 g/mol. The summed E-state index contributed by atoms with van der Waals surface area (Å²) in [5.74, 6) is 1.16. The van der Waals surface area contributed by atoms with Crippen LogP contribution in [0.3, 0.4) is 0 Å². The van der Waals surface area contributed by atoms with E-state index in [-0.39, 0.29) is 5.41 Å². The molecule has 0 aromatic heterocycles. The van der Waals surface area contributed by atoms with Crippen molar-refractivity contribution in [3.05, 3.63) is 0 Å². The zero-order chi connectivity index (χ0) is 10.1. The van der Waals surface area contributed by atoms with Crippen LogP contribution in [0.2, 0.25) is 0 Å². The Morgan fingerprint density at radius 3 is 2.38 bits per heavy atom. The summed E-state index contributed by atoms with van der Waals surface area (Å²) in [4.78, 5) is 0. The summed E-state index contributed by atoms with van der Waals surface area (Å²) in [6, 6.07) is 0. The fourth-order valence-corrected chi connectivity index (χ4v) is 4.46. The van der Waals surface area contributed by atoms with Crippen molar-refractivity contribution >= 4 is 9.84 Å². The highest BCUT2D eigenvalue weighted by Gasteiger charge is 2.41. The van der Waals surface area contributed by atoms with Crippen molar-refractivity contribution < 1.29 is 8.42 Å². The molecule has 0 spiro atoms. The Hall–Kier alpha value is -0.0900. The molecule has 1 aliphatic rings. The molecule has 2 N–H and O–H groups in total. The van der Waals surface area contributed by atoms with E-state index in [0.717, 1.165) is 12.8 Å². The molecule has 1 aliphatic heterocycles. The molecule has 1 atom stereocenters. The number of hydrogen-bond acceptors (Lipinski definition) is 3. The van der Waals surface area contributed by atoms with Gasteiger partial charge in [-0.2, -0.15) is 0 Å². The molecule has 0 aromatic carbocycles. The van der Waals surface area contributed by atoms with E-state index >= 15 is 0 Å². The smallest absolute Gasteiger partial charge is 0.150 e. The van der Waals surface area contributed by atoms with Crippen LogP contribution in [0.25, 0.3) is 0 Å². The van der Waals surface area contributed by atoms with Gasteiger partial charge in [-0.3, -0.25) is 0 Å². The van der Waals surface area contributed by atoms with Crippen molar-refractivity contribution in [2.75, 3.05) is 18.1 Å². The van der Waals surface area contributed by atoms with Crippen LogP contribution < -0.4 is 5.73 Å². The third-order valence-corrected chi connectivity index (χ3v) is 4.62. The Bertz CT molecular complexity index is 271. The Balaban J connectivity index is 2.74. The zero-order valence-corrected chi connectivity index (χ0v) is 9.23. The topological polar surface area (TPSA) is 60.2 Å². The summed E-state index contributed by atoms with van der Waals surface area (Å²) >= 11 is 0. The van der Waals surface area contributed by atoms with E-state index in [1.54, 1.807) is 0 Å². The summed E-state index contributed by atoms with van der Waals surface area (Å²) in [7, 11) is -2.79. The Kier molecular flexibility index (Phi) is 3.02. The standard InChI is InChI=1S/C9H19NO2S/c1-8(2)5-9(6-10)3-4-13(11,12)7-9/h8H,3-7,10H2,1-2H3. The fourth-order valence-electron chi connectivity index (χ4n) is 2.25. The number of sulfone groups is 1. The van der Waals surface area contributed by atoms with Crippen molar-refractivity contribution in [3.63, 3.8) is 0 Å². The lowest BCUT2D eigenvalue weighted by atomic mass is 9.80. The molecule has 1 rings (SSSR count). The minimum absolute atomic E-state index is 0.118. The van der Waals surface area contributed by atoms with Crippen LogP contribution in [0.4, 0.5) is 0 Å². The first kappa shape index (κ1) is 11.0. The lowest BCUT2D eigenvalue weighted by molar-refractivity contribution is 0.275. The molecule has 3 nitrogen and oxygen atoms in total. The molecule has 1 fully saturated rings. The molecule has 0 bridgehead atoms. The Morgan fingerprint density at radius 1 is 1.46 bits per heavy atom. The van der Waals surface area contributed by atoms with Gasteiger partial charge in [-0.25, -0.2) is 8.42 Å². The number of nitrogens with two attached hydrogens (primary N) is 1. The third kappa shape index (κ3) is 2.68. The lowest BCUT2D eigenvalue weighted by Gasteiger charge is -2.27. The molecule has 0 amide bonds. The molecule has 1 saturated heterocycles. The molecular formula is C9H19NO2S. The largest absolute Gasteiger partial charge is 0.330 e. The van der Waals surface area contributed by atoms with Crippen molar-refractivity contribution in [2.45, 2.75) is 26.7 Å². The lowest BCUT2D eigenvalue weighted by Crippen LogP contribution is -2.33. The molecule has 0 aliphatic carbocycles. The van der Waals surface area contributed by atoms with Gasteiger partial charge < -0.3 is 5.73 Å². The van der Waals surface area contributed by atoms with Crippen LogP contribution >= 0.6 is 0 Å². The van der Waals surface area contributed by atoms with Crippen LogP contribution in [0.1, 0.15) is 26.7 Å². The van der Waals surface area contributed by atoms with Crippen molar-refractivity contribution in [2.24, 2.45) is 17.1 Å². The summed E-state index contributed by atoms with van der Waals surface area (Å²) in [6.45, 7) is 4.73. The van der Waals surface area contributed by atoms with Gasteiger partial charge >= 0.3 is 0 Å². The van der Waals surface area contributed by atoms with E-state index in [1.165, 1.54) is 0 Å². The van der Waals surface area contributed by atoms with E-state index in [1.807, 2.05) is 0 Å². The van der Waals surface area contributed by atoms with Gasteiger partial charge in [-0.1, -0.05) is 13.8 Å². The van der Waals surface area contributed by atoms with Gasteiger partial charge in [0.1, 0.15) is 0 Å². The second kappa shape index (κ2) is 3.58. The normalized spacial score (nSPS) is 32.6. The monoisotopic (exact) mass is 205 g/mol. The first-order valence-corrected chi connectivity index (χ1v) is 6.62. The van der Waals surface area contributed by atoms with Gasteiger partial charge in [0.05, 0.1) is 11.5 Å². The van der Waals surface area contributed by atoms with Gasteiger partial charge in [0, 0.05) is 0 Å². The predicted octanol–water partition coefficient (Wildman–Crippen LogP) is 0.796. The van der Waals surface area contributed by atoms with Crippen molar-refractivity contribution in [1.82, 2.24) is 0 Å². The molecule has 0 radical (unpaired) electrons. The highest BCUT2D eigenvalue weighted by Crippen LogP contribution is 2.37. The van der Waals surface area contributed by atoms with E-state index in [9.17, 15) is 8.42 Å². The third-order valence-electron chi connectivity index (χ3n) is 2.74. The van der Waals surface area contributed by atoms with Crippen LogP contribution in [-0.4, -0.2) is 26.5 Å². The molecule has 0 saturated carbocycles. The van der Waals surface area contributed by atoms with Crippen LogP contribution in [0.5, 0.6) is 0 Å². The molecule has 4 heteroatoms. The average Bonchev–Trinajstić information content (AvgIpc) is 2.26. The molecule has 1 unspecified atom stereocenters. The maximum atomic E-state index is 11.3. The highest BCUT2D eigenvalue weighted by molar-refractivity contribution is 7.91. The first-order valence-electron chi connectivity index (χ1n) is 4.80. The van der Waals surface area contributed by atoms with E-state index < -0.39 is 9.84 Å². The van der Waals surface area contributed by atoms with Crippen molar-refractivity contribution in [3.8, 4) is 0 Å². The van der Waals surface area contributed by atoms with E-state index in [0.29, 0.717) is 24.0 Å². The van der Waals surface area contributed by atoms with Crippen LogP contribution in [-0.2, 0) is 9.84 Å². The number of rotatable bonds is 3. The Labute approximate surface area is 80.6 Å². The van der Waals surface area contributed by atoms with E-state index in [4.69, 9.17) is 5.73 Å². The molecule has 13 heavy (non-hydrogen) atoms. The quantitative estimate of drug-likeness (QED) is 0.741. The summed E-state index contributed by atoms with van der Waals surface area (Å²) in [5.41, 5.74) is 5.56. The van der Waals surface area contributed by atoms with Gasteiger partial charge in [0.2, 0.25) is 0 Å². The highest BCUT2D eigenvalue weighted by atomic mass is 32.2. The van der Waals surface area contributed by atoms with Gasteiger partial charge in [-0.05, 0) is 30.7 Å². The minimum Gasteiger partial charge on any atom is -0.330 e. The maximum Gasteiger partial charge on any atom is 0.150 e. The number of hydrogen-bond donors (Lipinski definition) is 1. The van der Waals surface area contributed by atoms with Crippen LogP contribution in [0, 0.1) is 11.3 Å². The minimum atomic E-state index is -2.79. The van der Waals surface area contributed by atoms with Gasteiger partial charge in [0.25, 0.3) is 0 Å². The summed E-state index contributed by atoms with van der Waals surface area (Å²) in [5, 5.41) is 0. The summed E-state index contributed by atoms with van der Waals surface area (Å²) < 4.78 is 22.7. The molecule has 1 heterocycles. The Morgan fingerprint density at radius 2 is 2.08 bits per heavy atom. The summed E-state index contributed by atoms with van der Waals surface area (Å²) in [6.07, 6.45) is 1.69. The van der Waals surface area contributed by atoms with Gasteiger partial charge in [0.15, 0.2) is 9.84 Å². The molecule has 78 valence electrons. The second-order valence-electron chi connectivity index (χ2n) is 4.64. The SMILES string of the molecule is CC(C)CC1(CN)CCS(=O)(=O)C1. The molecule has 0 aromatic rings. The van der Waals surface area contributed by atoms with Crippen molar-refractivity contribution in [1.29, 1.82) is 0 Å². The molecular weight excluding hydrogens is 186 g/mol.